The van der Waals surface area contributed by atoms with E-state index >= 15 is 0 Å². The molecule has 174 valence electrons. The zero-order valence-corrected chi connectivity index (χ0v) is 21.9. The number of hydrogen-bond acceptors (Lipinski definition) is 2. The van der Waals surface area contributed by atoms with Crippen molar-refractivity contribution in [3.8, 4) is 33.5 Å². The number of rotatable bonds is 4. The lowest BCUT2D eigenvalue weighted by Gasteiger charge is -2.17. The van der Waals surface area contributed by atoms with E-state index in [1.165, 1.54) is 32.6 Å². The lowest BCUT2D eigenvalue weighted by molar-refractivity contribution is 1.32. The molecule has 2 heterocycles. The van der Waals surface area contributed by atoms with Crippen molar-refractivity contribution in [2.45, 2.75) is 19.6 Å². The van der Waals surface area contributed by atoms with Crippen LogP contribution in [0.2, 0.25) is 19.6 Å². The monoisotopic (exact) mass is 480 g/mol. The van der Waals surface area contributed by atoms with Crippen molar-refractivity contribution in [2.75, 3.05) is 0 Å². The molecule has 0 amide bonds. The van der Waals surface area contributed by atoms with Crippen molar-refractivity contribution in [1.29, 1.82) is 0 Å². The first kappa shape index (κ1) is 22.4. The standard InChI is InChI=1S/C33H28N2Si/c1-36(2,3)30-16-13-23(14-17-30)25-9-10-27-21-28(12-11-26(27)20-25)29-15-18-32(35-22-29)31-8-4-6-24-7-5-19-34-33(24)31/h4-22H,1-3H3. The first-order valence-electron chi connectivity index (χ1n) is 12.4. The maximum Gasteiger partial charge on any atom is 0.0795 e. The van der Waals surface area contributed by atoms with E-state index in [1.54, 1.807) is 0 Å². The molecule has 0 spiro atoms. The van der Waals surface area contributed by atoms with Crippen LogP contribution in [0.1, 0.15) is 0 Å². The molecule has 4 aromatic carbocycles. The van der Waals surface area contributed by atoms with Crippen LogP contribution < -0.4 is 5.19 Å². The van der Waals surface area contributed by atoms with Gasteiger partial charge in [0, 0.05) is 28.9 Å². The van der Waals surface area contributed by atoms with E-state index in [0.29, 0.717) is 0 Å². The van der Waals surface area contributed by atoms with Gasteiger partial charge in [0.25, 0.3) is 0 Å². The minimum atomic E-state index is -1.28. The van der Waals surface area contributed by atoms with Gasteiger partial charge in [-0.3, -0.25) is 9.97 Å². The Morgan fingerprint density at radius 2 is 1.17 bits per heavy atom. The Bertz CT molecular complexity index is 1690. The molecule has 0 aliphatic rings. The average Bonchev–Trinajstić information content (AvgIpc) is 2.92. The fourth-order valence-corrected chi connectivity index (χ4v) is 5.97. The molecule has 0 fully saturated rings. The molecule has 3 heteroatoms. The predicted octanol–water partition coefficient (Wildman–Crippen LogP) is 8.33. The fraction of sp³-hybridized carbons (Fsp3) is 0.0909. The molecule has 6 rings (SSSR count). The van der Waals surface area contributed by atoms with Gasteiger partial charge in [-0.2, -0.15) is 0 Å². The molecule has 0 saturated heterocycles. The smallest absolute Gasteiger partial charge is 0.0795 e. The molecule has 6 aromatic rings. The predicted molar refractivity (Wildman–Crippen MR) is 156 cm³/mol. The molecule has 0 saturated carbocycles. The molecule has 0 unspecified atom stereocenters. The SMILES string of the molecule is C[Si](C)(C)c1ccc(-c2ccc3cc(-c4ccc(-c5cccc6cccnc56)nc4)ccc3c2)cc1. The number of para-hydroxylation sites is 1. The summed E-state index contributed by atoms with van der Waals surface area (Å²) >= 11 is 0. The first-order valence-corrected chi connectivity index (χ1v) is 15.9. The molecule has 0 radical (unpaired) electrons. The molecule has 0 N–H and O–H groups in total. The Hall–Kier alpha value is -4.08. The quantitative estimate of drug-likeness (QED) is 0.237. The number of nitrogens with zero attached hydrogens (tertiary/aromatic N) is 2. The lowest BCUT2D eigenvalue weighted by Crippen LogP contribution is -2.37. The normalized spacial score (nSPS) is 11.8. The second-order valence-corrected chi connectivity index (χ2v) is 15.5. The summed E-state index contributed by atoms with van der Waals surface area (Å²) in [5.74, 6) is 0. The largest absolute Gasteiger partial charge is 0.256 e. The lowest BCUT2D eigenvalue weighted by atomic mass is 9.98. The van der Waals surface area contributed by atoms with Crippen molar-refractivity contribution in [3.05, 3.63) is 116 Å². The summed E-state index contributed by atoms with van der Waals surface area (Å²) < 4.78 is 0. The highest BCUT2D eigenvalue weighted by Crippen LogP contribution is 2.30. The van der Waals surface area contributed by atoms with Gasteiger partial charge in [0.15, 0.2) is 0 Å². The van der Waals surface area contributed by atoms with Gasteiger partial charge in [0.1, 0.15) is 0 Å². The fourth-order valence-electron chi connectivity index (χ4n) is 4.80. The van der Waals surface area contributed by atoms with Crippen LogP contribution in [0.3, 0.4) is 0 Å². The Labute approximate surface area is 213 Å². The van der Waals surface area contributed by atoms with Crippen LogP contribution in [-0.4, -0.2) is 18.0 Å². The van der Waals surface area contributed by atoms with Crippen molar-refractivity contribution < 1.29 is 0 Å². The second kappa shape index (κ2) is 8.85. The number of fused-ring (bicyclic) bond motifs is 2. The van der Waals surface area contributed by atoms with Crippen molar-refractivity contribution >= 4 is 34.9 Å². The zero-order chi connectivity index (χ0) is 24.7. The molecular weight excluding hydrogens is 452 g/mol. The zero-order valence-electron chi connectivity index (χ0n) is 20.9. The van der Waals surface area contributed by atoms with Gasteiger partial charge in [-0.05, 0) is 51.7 Å². The van der Waals surface area contributed by atoms with Crippen molar-refractivity contribution in [3.63, 3.8) is 0 Å². The third-order valence-electron chi connectivity index (χ3n) is 6.93. The average molecular weight is 481 g/mol. The first-order chi connectivity index (χ1) is 17.5. The summed E-state index contributed by atoms with van der Waals surface area (Å²) in [6.45, 7) is 7.17. The molecule has 0 atom stereocenters. The summed E-state index contributed by atoms with van der Waals surface area (Å²) in [6, 6.07) is 37.1. The molecular formula is C33H28N2Si. The van der Waals surface area contributed by atoms with Gasteiger partial charge in [0.05, 0.1) is 19.3 Å². The topological polar surface area (TPSA) is 25.8 Å². The van der Waals surface area contributed by atoms with Crippen LogP contribution in [0.15, 0.2) is 116 Å². The summed E-state index contributed by atoms with van der Waals surface area (Å²) in [5, 5.41) is 5.10. The minimum Gasteiger partial charge on any atom is -0.256 e. The highest BCUT2D eigenvalue weighted by Gasteiger charge is 2.16. The van der Waals surface area contributed by atoms with E-state index in [2.05, 4.69) is 122 Å². The Balaban J connectivity index is 1.29. The third kappa shape index (κ3) is 4.23. The van der Waals surface area contributed by atoms with Crippen LogP contribution in [0.5, 0.6) is 0 Å². The Morgan fingerprint density at radius 3 is 1.83 bits per heavy atom. The van der Waals surface area contributed by atoms with E-state index in [-0.39, 0.29) is 0 Å². The minimum absolute atomic E-state index is 0.939. The van der Waals surface area contributed by atoms with Crippen LogP contribution in [-0.2, 0) is 0 Å². The Morgan fingerprint density at radius 1 is 0.528 bits per heavy atom. The molecule has 2 aromatic heterocycles. The van der Waals surface area contributed by atoms with Crippen molar-refractivity contribution in [1.82, 2.24) is 9.97 Å². The molecule has 2 nitrogen and oxygen atoms in total. The van der Waals surface area contributed by atoms with E-state index in [1.807, 2.05) is 18.5 Å². The van der Waals surface area contributed by atoms with Crippen LogP contribution in [0.25, 0.3) is 55.2 Å². The number of benzene rings is 4. The van der Waals surface area contributed by atoms with E-state index < -0.39 is 8.07 Å². The summed E-state index contributed by atoms with van der Waals surface area (Å²) in [6.07, 6.45) is 3.80. The van der Waals surface area contributed by atoms with E-state index in [9.17, 15) is 0 Å². The van der Waals surface area contributed by atoms with Gasteiger partial charge >= 0.3 is 0 Å². The maximum absolute atomic E-state index is 4.80. The molecule has 0 bridgehead atoms. The highest BCUT2D eigenvalue weighted by atomic mass is 28.3. The Kier molecular flexibility index (Phi) is 5.50. The van der Waals surface area contributed by atoms with Crippen LogP contribution in [0.4, 0.5) is 0 Å². The van der Waals surface area contributed by atoms with Gasteiger partial charge in [-0.25, -0.2) is 0 Å². The van der Waals surface area contributed by atoms with Gasteiger partial charge in [-0.15, -0.1) is 0 Å². The second-order valence-electron chi connectivity index (χ2n) is 10.4. The molecule has 0 aliphatic carbocycles. The van der Waals surface area contributed by atoms with Crippen molar-refractivity contribution in [2.24, 2.45) is 0 Å². The van der Waals surface area contributed by atoms with Gasteiger partial charge in [0.2, 0.25) is 0 Å². The van der Waals surface area contributed by atoms with Crippen LogP contribution in [0, 0.1) is 0 Å². The number of hydrogen-bond donors (Lipinski definition) is 0. The number of pyridine rings is 2. The van der Waals surface area contributed by atoms with E-state index in [0.717, 1.165) is 27.7 Å². The summed E-state index contributed by atoms with van der Waals surface area (Å²) in [4.78, 5) is 9.37. The summed E-state index contributed by atoms with van der Waals surface area (Å²) in [5.41, 5.74) is 7.79. The molecule has 36 heavy (non-hydrogen) atoms. The maximum atomic E-state index is 4.80. The highest BCUT2D eigenvalue weighted by molar-refractivity contribution is 6.88. The molecule has 0 aliphatic heterocycles. The number of aromatic nitrogens is 2. The van der Waals surface area contributed by atoms with Crippen LogP contribution >= 0.6 is 0 Å². The van der Waals surface area contributed by atoms with Gasteiger partial charge in [-0.1, -0.05) is 104 Å². The van der Waals surface area contributed by atoms with Gasteiger partial charge < -0.3 is 0 Å². The van der Waals surface area contributed by atoms with E-state index in [4.69, 9.17) is 4.98 Å². The third-order valence-corrected chi connectivity index (χ3v) is 9.00. The summed E-state index contributed by atoms with van der Waals surface area (Å²) in [7, 11) is -1.28.